The number of aromatic hydroxyl groups is 1. The van der Waals surface area contributed by atoms with Gasteiger partial charge in [-0.25, -0.2) is 12.8 Å². The van der Waals surface area contributed by atoms with E-state index in [0.29, 0.717) is 6.42 Å². The van der Waals surface area contributed by atoms with Gasteiger partial charge in [0.25, 0.3) is 0 Å². The summed E-state index contributed by atoms with van der Waals surface area (Å²) in [5.41, 5.74) is -1.61. The molecule has 0 bridgehead atoms. The van der Waals surface area contributed by atoms with Crippen molar-refractivity contribution in [3.05, 3.63) is 29.8 Å². The number of halogens is 1. The second kappa shape index (κ2) is 3.73. The lowest BCUT2D eigenvalue weighted by Crippen LogP contribution is -2.36. The van der Waals surface area contributed by atoms with Crippen LogP contribution >= 0.6 is 0 Å². The van der Waals surface area contributed by atoms with Gasteiger partial charge in [-0.15, -0.1) is 0 Å². The van der Waals surface area contributed by atoms with Crippen LogP contribution < -0.4 is 0 Å². The van der Waals surface area contributed by atoms with Crippen molar-refractivity contribution in [2.75, 3.05) is 11.5 Å². The predicted molar refractivity (Wildman–Crippen MR) is 58.8 cm³/mol. The normalized spacial score (nSPS) is 28.8. The van der Waals surface area contributed by atoms with Crippen molar-refractivity contribution in [1.82, 2.24) is 0 Å². The molecule has 2 rings (SSSR count). The van der Waals surface area contributed by atoms with Gasteiger partial charge < -0.3 is 5.11 Å². The Bertz CT molecular complexity index is 498. The van der Waals surface area contributed by atoms with Gasteiger partial charge in [-0.2, -0.15) is 0 Å². The highest BCUT2D eigenvalue weighted by molar-refractivity contribution is 7.91. The Labute approximate surface area is 93.8 Å². The van der Waals surface area contributed by atoms with E-state index in [1.54, 1.807) is 0 Å². The van der Waals surface area contributed by atoms with E-state index in [1.165, 1.54) is 24.3 Å². The van der Waals surface area contributed by atoms with Crippen LogP contribution in [0.25, 0.3) is 0 Å². The highest BCUT2D eigenvalue weighted by atomic mass is 32.2. The van der Waals surface area contributed by atoms with Gasteiger partial charge >= 0.3 is 0 Å². The monoisotopic (exact) mass is 244 g/mol. The average Bonchev–Trinajstić information content (AvgIpc) is 2.15. The Morgan fingerprint density at radius 1 is 1.38 bits per heavy atom. The summed E-state index contributed by atoms with van der Waals surface area (Å²) >= 11 is 0. The van der Waals surface area contributed by atoms with Crippen LogP contribution in [-0.2, 0) is 15.5 Å². The molecule has 1 atom stereocenters. The highest BCUT2D eigenvalue weighted by Gasteiger charge is 2.40. The maximum Gasteiger partial charge on any atom is 0.153 e. The lowest BCUT2D eigenvalue weighted by Gasteiger charge is -2.29. The Balaban J connectivity index is 2.38. The molecule has 16 heavy (non-hydrogen) atoms. The van der Waals surface area contributed by atoms with Gasteiger partial charge in [0, 0.05) is 0 Å². The fourth-order valence-electron chi connectivity index (χ4n) is 2.08. The zero-order valence-electron chi connectivity index (χ0n) is 8.69. The van der Waals surface area contributed by atoms with Gasteiger partial charge in [-0.05, 0) is 30.5 Å². The quantitative estimate of drug-likeness (QED) is 0.819. The molecule has 3 nitrogen and oxygen atoms in total. The molecule has 0 radical (unpaired) electrons. The lowest BCUT2D eigenvalue weighted by atomic mass is 9.92. The van der Waals surface area contributed by atoms with Crippen LogP contribution in [0.2, 0.25) is 0 Å². The molecule has 1 aromatic carbocycles. The van der Waals surface area contributed by atoms with E-state index in [4.69, 9.17) is 0 Å². The van der Waals surface area contributed by atoms with E-state index >= 15 is 0 Å². The fraction of sp³-hybridized carbons (Fsp3) is 0.455. The van der Waals surface area contributed by atoms with Gasteiger partial charge in [-0.1, -0.05) is 12.1 Å². The third-order valence-electron chi connectivity index (χ3n) is 2.84. The van der Waals surface area contributed by atoms with Crippen molar-refractivity contribution in [2.24, 2.45) is 0 Å². The van der Waals surface area contributed by atoms with Crippen LogP contribution in [0, 0.1) is 0 Å². The van der Waals surface area contributed by atoms with Crippen molar-refractivity contribution >= 4 is 9.84 Å². The smallest absolute Gasteiger partial charge is 0.153 e. The van der Waals surface area contributed by atoms with Crippen LogP contribution in [-0.4, -0.2) is 25.0 Å². The van der Waals surface area contributed by atoms with E-state index in [0.717, 1.165) is 0 Å². The molecule has 1 unspecified atom stereocenters. The summed E-state index contributed by atoms with van der Waals surface area (Å²) in [7, 11) is -3.31. The molecular weight excluding hydrogens is 231 g/mol. The molecular formula is C11H13FO3S. The summed E-state index contributed by atoms with van der Waals surface area (Å²) in [4.78, 5) is 0. The standard InChI is InChI=1S/C11H13FO3S/c12-11(5-2-6-16(14,15)8-11)9-3-1-4-10(13)7-9/h1,3-4,7,13H,2,5-6,8H2. The van der Waals surface area contributed by atoms with E-state index in [9.17, 15) is 17.9 Å². The Kier molecular flexibility index (Phi) is 2.66. The molecule has 0 aliphatic carbocycles. The van der Waals surface area contributed by atoms with Gasteiger partial charge in [0.1, 0.15) is 11.4 Å². The minimum atomic E-state index is -3.31. The SMILES string of the molecule is O=S1(=O)CCCC(F)(c2cccc(O)c2)C1. The molecule has 1 saturated heterocycles. The van der Waals surface area contributed by atoms with Crippen molar-refractivity contribution < 1.29 is 17.9 Å². The highest BCUT2D eigenvalue weighted by Crippen LogP contribution is 2.37. The maximum absolute atomic E-state index is 14.5. The Morgan fingerprint density at radius 2 is 2.12 bits per heavy atom. The molecule has 1 fully saturated rings. The molecule has 88 valence electrons. The van der Waals surface area contributed by atoms with Crippen LogP contribution in [0.1, 0.15) is 18.4 Å². The molecule has 0 saturated carbocycles. The Morgan fingerprint density at radius 3 is 2.75 bits per heavy atom. The van der Waals surface area contributed by atoms with Crippen LogP contribution in [0.5, 0.6) is 5.75 Å². The summed E-state index contributed by atoms with van der Waals surface area (Å²) in [6.45, 7) is 0. The minimum absolute atomic E-state index is 0.0440. The molecule has 5 heteroatoms. The number of rotatable bonds is 1. The molecule has 1 aliphatic rings. The number of hydrogen-bond acceptors (Lipinski definition) is 3. The number of alkyl halides is 1. The minimum Gasteiger partial charge on any atom is -0.508 e. The summed E-state index contributed by atoms with van der Waals surface area (Å²) in [6, 6.07) is 5.76. The maximum atomic E-state index is 14.5. The van der Waals surface area contributed by atoms with Crippen molar-refractivity contribution in [2.45, 2.75) is 18.5 Å². The van der Waals surface area contributed by atoms with E-state index in [-0.39, 0.29) is 23.5 Å². The third kappa shape index (κ3) is 2.19. The van der Waals surface area contributed by atoms with Gasteiger partial charge in [-0.3, -0.25) is 0 Å². The van der Waals surface area contributed by atoms with Crippen molar-refractivity contribution in [3.63, 3.8) is 0 Å². The fourth-order valence-corrected chi connectivity index (χ4v) is 3.81. The summed E-state index contributed by atoms with van der Waals surface area (Å²) in [5, 5.41) is 9.27. The van der Waals surface area contributed by atoms with Gasteiger partial charge in [0.15, 0.2) is 9.84 Å². The number of phenolic OH excluding ortho intramolecular Hbond substituents is 1. The largest absolute Gasteiger partial charge is 0.508 e. The zero-order chi connectivity index (χ0) is 11.8. The molecule has 1 aliphatic heterocycles. The molecule has 1 aromatic rings. The predicted octanol–water partition coefficient (Wildman–Crippen LogP) is 1.77. The topological polar surface area (TPSA) is 54.4 Å². The zero-order valence-corrected chi connectivity index (χ0v) is 9.50. The van der Waals surface area contributed by atoms with E-state index in [1.807, 2.05) is 0 Å². The number of phenols is 1. The van der Waals surface area contributed by atoms with Gasteiger partial charge in [0.2, 0.25) is 0 Å². The number of sulfone groups is 1. The summed E-state index contributed by atoms with van der Waals surface area (Å²) in [5.74, 6) is -0.474. The summed E-state index contributed by atoms with van der Waals surface area (Å²) < 4.78 is 37.3. The van der Waals surface area contributed by atoms with E-state index in [2.05, 4.69) is 0 Å². The van der Waals surface area contributed by atoms with Gasteiger partial charge in [0.05, 0.1) is 11.5 Å². The van der Waals surface area contributed by atoms with E-state index < -0.39 is 21.3 Å². The number of benzene rings is 1. The molecule has 0 amide bonds. The first-order chi connectivity index (χ1) is 7.41. The lowest BCUT2D eigenvalue weighted by molar-refractivity contribution is 0.172. The average molecular weight is 244 g/mol. The molecule has 1 N–H and O–H groups in total. The third-order valence-corrected chi connectivity index (χ3v) is 4.65. The van der Waals surface area contributed by atoms with Crippen LogP contribution in [0.4, 0.5) is 4.39 Å². The first-order valence-electron chi connectivity index (χ1n) is 5.10. The molecule has 0 spiro atoms. The Hall–Kier alpha value is -1.10. The number of hydrogen-bond donors (Lipinski definition) is 1. The molecule has 0 aromatic heterocycles. The first kappa shape index (κ1) is 11.4. The second-order valence-corrected chi connectivity index (χ2v) is 6.40. The summed E-state index contributed by atoms with van der Waals surface area (Å²) in [6.07, 6.45) is 0.518. The van der Waals surface area contributed by atoms with Crippen molar-refractivity contribution in [1.29, 1.82) is 0 Å². The first-order valence-corrected chi connectivity index (χ1v) is 6.92. The van der Waals surface area contributed by atoms with Crippen LogP contribution in [0.3, 0.4) is 0 Å². The van der Waals surface area contributed by atoms with Crippen molar-refractivity contribution in [3.8, 4) is 5.75 Å². The second-order valence-electron chi connectivity index (χ2n) is 4.21. The molecule has 1 heterocycles. The van der Waals surface area contributed by atoms with Crippen LogP contribution in [0.15, 0.2) is 24.3 Å².